The Morgan fingerprint density at radius 2 is 1.07 bits per heavy atom. The first-order valence-electron chi connectivity index (χ1n) is 4.14. The summed E-state index contributed by atoms with van der Waals surface area (Å²) in [5.74, 6) is 0. The SMILES string of the molecule is O=CC(O)CC(O)C(O)CC(O)C=O. The Morgan fingerprint density at radius 3 is 1.29 bits per heavy atom. The van der Waals surface area contributed by atoms with Crippen molar-refractivity contribution in [2.24, 2.45) is 0 Å². The van der Waals surface area contributed by atoms with E-state index in [1.807, 2.05) is 0 Å². The molecule has 0 fully saturated rings. The van der Waals surface area contributed by atoms with E-state index in [2.05, 4.69) is 0 Å². The summed E-state index contributed by atoms with van der Waals surface area (Å²) in [6.45, 7) is 0. The van der Waals surface area contributed by atoms with E-state index in [-0.39, 0.29) is 25.4 Å². The minimum Gasteiger partial charge on any atom is -0.390 e. The Hall–Kier alpha value is -0.820. The normalized spacial score (nSPS) is 19.4. The second kappa shape index (κ2) is 6.61. The molecule has 14 heavy (non-hydrogen) atoms. The summed E-state index contributed by atoms with van der Waals surface area (Å²) in [6, 6.07) is 0. The van der Waals surface area contributed by atoms with Crippen molar-refractivity contribution < 1.29 is 30.0 Å². The molecule has 6 heteroatoms. The molecule has 0 heterocycles. The molecule has 0 aliphatic rings. The zero-order valence-electron chi connectivity index (χ0n) is 7.48. The molecule has 0 rings (SSSR count). The number of aliphatic hydroxyl groups excluding tert-OH is 4. The van der Waals surface area contributed by atoms with Crippen molar-refractivity contribution in [2.75, 3.05) is 0 Å². The van der Waals surface area contributed by atoms with Gasteiger partial charge in [-0.2, -0.15) is 0 Å². The van der Waals surface area contributed by atoms with E-state index in [0.29, 0.717) is 0 Å². The highest BCUT2D eigenvalue weighted by Crippen LogP contribution is 2.07. The van der Waals surface area contributed by atoms with Gasteiger partial charge < -0.3 is 30.0 Å². The lowest BCUT2D eigenvalue weighted by molar-refractivity contribution is -0.120. The number of hydrogen-bond donors (Lipinski definition) is 4. The molecule has 0 saturated heterocycles. The van der Waals surface area contributed by atoms with Crippen LogP contribution in [0.4, 0.5) is 0 Å². The molecule has 4 atom stereocenters. The third-order valence-electron chi connectivity index (χ3n) is 1.72. The van der Waals surface area contributed by atoms with Gasteiger partial charge in [0.15, 0.2) is 0 Å². The fraction of sp³-hybridized carbons (Fsp3) is 0.750. The maximum Gasteiger partial charge on any atom is 0.148 e. The predicted octanol–water partition coefficient (Wildman–Crippen LogP) is -2.39. The van der Waals surface area contributed by atoms with E-state index < -0.39 is 24.4 Å². The van der Waals surface area contributed by atoms with Crippen molar-refractivity contribution >= 4 is 12.6 Å². The van der Waals surface area contributed by atoms with Gasteiger partial charge in [-0.05, 0) is 0 Å². The van der Waals surface area contributed by atoms with Gasteiger partial charge in [0.2, 0.25) is 0 Å². The molecule has 0 aromatic heterocycles. The van der Waals surface area contributed by atoms with Crippen LogP contribution in [0.15, 0.2) is 0 Å². The van der Waals surface area contributed by atoms with Gasteiger partial charge in [0.25, 0.3) is 0 Å². The standard InChI is InChI=1S/C8H14O6/c9-3-5(11)1-7(13)8(14)2-6(12)4-10/h3-8,11-14H,1-2H2. The predicted molar refractivity (Wildman–Crippen MR) is 45.4 cm³/mol. The third kappa shape index (κ3) is 5.03. The Labute approximate surface area is 80.8 Å². The summed E-state index contributed by atoms with van der Waals surface area (Å²) < 4.78 is 0. The van der Waals surface area contributed by atoms with Crippen molar-refractivity contribution in [2.45, 2.75) is 37.3 Å². The average molecular weight is 206 g/mol. The van der Waals surface area contributed by atoms with E-state index in [1.54, 1.807) is 0 Å². The number of aliphatic hydroxyl groups is 4. The molecule has 0 saturated carbocycles. The molecule has 0 aromatic rings. The van der Waals surface area contributed by atoms with Gasteiger partial charge in [-0.1, -0.05) is 0 Å². The minimum atomic E-state index is -1.35. The molecule has 0 aromatic carbocycles. The monoisotopic (exact) mass is 206 g/mol. The van der Waals surface area contributed by atoms with Crippen molar-refractivity contribution in [3.63, 3.8) is 0 Å². The van der Waals surface area contributed by atoms with Crippen LogP contribution in [-0.4, -0.2) is 57.4 Å². The highest BCUT2D eigenvalue weighted by molar-refractivity contribution is 5.56. The second-order valence-electron chi connectivity index (χ2n) is 3.01. The number of carbonyl (C=O) groups is 2. The first kappa shape index (κ1) is 13.2. The Kier molecular flexibility index (Phi) is 6.22. The maximum absolute atomic E-state index is 9.99. The van der Waals surface area contributed by atoms with Gasteiger partial charge in [0, 0.05) is 12.8 Å². The molecule has 6 nitrogen and oxygen atoms in total. The van der Waals surface area contributed by atoms with E-state index >= 15 is 0 Å². The molecule has 0 spiro atoms. The molecule has 0 bridgehead atoms. The lowest BCUT2D eigenvalue weighted by Gasteiger charge is -2.19. The number of aldehydes is 2. The summed E-state index contributed by atoms with van der Waals surface area (Å²) >= 11 is 0. The zero-order chi connectivity index (χ0) is 11.1. The highest BCUT2D eigenvalue weighted by Gasteiger charge is 2.22. The summed E-state index contributed by atoms with van der Waals surface area (Å²) in [7, 11) is 0. The first-order valence-corrected chi connectivity index (χ1v) is 4.14. The van der Waals surface area contributed by atoms with Crippen molar-refractivity contribution in [1.82, 2.24) is 0 Å². The van der Waals surface area contributed by atoms with Crippen LogP contribution in [0.1, 0.15) is 12.8 Å². The fourth-order valence-electron chi connectivity index (χ4n) is 0.920. The lowest BCUT2D eigenvalue weighted by Crippen LogP contribution is -2.33. The summed E-state index contributed by atoms with van der Waals surface area (Å²) in [5.41, 5.74) is 0. The molecule has 0 radical (unpaired) electrons. The van der Waals surface area contributed by atoms with Crippen LogP contribution in [0.5, 0.6) is 0 Å². The molecule has 0 aliphatic carbocycles. The quantitative estimate of drug-likeness (QED) is 0.345. The van der Waals surface area contributed by atoms with Crippen LogP contribution in [0, 0.1) is 0 Å². The van der Waals surface area contributed by atoms with Gasteiger partial charge in [-0.25, -0.2) is 0 Å². The maximum atomic E-state index is 9.99. The number of hydrogen-bond acceptors (Lipinski definition) is 6. The molecular formula is C8H14O6. The van der Waals surface area contributed by atoms with E-state index in [9.17, 15) is 9.59 Å². The van der Waals surface area contributed by atoms with Gasteiger partial charge in [0.1, 0.15) is 24.8 Å². The smallest absolute Gasteiger partial charge is 0.148 e. The third-order valence-corrected chi connectivity index (χ3v) is 1.72. The van der Waals surface area contributed by atoms with Gasteiger partial charge >= 0.3 is 0 Å². The topological polar surface area (TPSA) is 115 Å². The average Bonchev–Trinajstić information content (AvgIpc) is 2.17. The number of carbonyl (C=O) groups excluding carboxylic acids is 2. The molecule has 0 aliphatic heterocycles. The molecule has 82 valence electrons. The highest BCUT2D eigenvalue weighted by atomic mass is 16.3. The summed E-state index contributed by atoms with van der Waals surface area (Å²) in [4.78, 5) is 20.0. The minimum absolute atomic E-state index is 0.228. The summed E-state index contributed by atoms with van der Waals surface area (Å²) in [6.07, 6.45) is -5.58. The lowest BCUT2D eigenvalue weighted by atomic mass is 10.0. The largest absolute Gasteiger partial charge is 0.390 e. The zero-order valence-corrected chi connectivity index (χ0v) is 7.48. The van der Waals surface area contributed by atoms with Gasteiger partial charge in [-0.3, -0.25) is 0 Å². The summed E-state index contributed by atoms with van der Waals surface area (Å²) in [5, 5.41) is 35.9. The Bertz CT molecular complexity index is 163. The van der Waals surface area contributed by atoms with Crippen LogP contribution in [0.25, 0.3) is 0 Å². The molecule has 4 N–H and O–H groups in total. The second-order valence-corrected chi connectivity index (χ2v) is 3.01. The van der Waals surface area contributed by atoms with E-state index in [1.165, 1.54) is 0 Å². The van der Waals surface area contributed by atoms with Crippen LogP contribution >= 0.6 is 0 Å². The Balaban J connectivity index is 3.91. The van der Waals surface area contributed by atoms with Crippen LogP contribution in [-0.2, 0) is 9.59 Å². The van der Waals surface area contributed by atoms with Crippen molar-refractivity contribution in [3.05, 3.63) is 0 Å². The van der Waals surface area contributed by atoms with E-state index in [0.717, 1.165) is 0 Å². The van der Waals surface area contributed by atoms with Crippen LogP contribution in [0.2, 0.25) is 0 Å². The first-order chi connectivity index (χ1) is 6.51. The van der Waals surface area contributed by atoms with Crippen LogP contribution < -0.4 is 0 Å². The Morgan fingerprint density at radius 1 is 0.786 bits per heavy atom. The van der Waals surface area contributed by atoms with Gasteiger partial charge in [-0.15, -0.1) is 0 Å². The van der Waals surface area contributed by atoms with Crippen molar-refractivity contribution in [3.8, 4) is 0 Å². The molecule has 0 amide bonds. The van der Waals surface area contributed by atoms with Crippen molar-refractivity contribution in [1.29, 1.82) is 0 Å². The number of rotatable bonds is 7. The van der Waals surface area contributed by atoms with E-state index in [4.69, 9.17) is 20.4 Å². The van der Waals surface area contributed by atoms with Gasteiger partial charge in [0.05, 0.1) is 12.2 Å². The molecule has 4 unspecified atom stereocenters. The van der Waals surface area contributed by atoms with Crippen LogP contribution in [0.3, 0.4) is 0 Å². The molecular weight excluding hydrogens is 192 g/mol. The fourth-order valence-corrected chi connectivity index (χ4v) is 0.920.